The Balaban J connectivity index is 2.12. The number of anilines is 1. The number of hydrogen-bond donors (Lipinski definition) is 1. The molecule has 0 radical (unpaired) electrons. The second-order valence-electron chi connectivity index (χ2n) is 6.59. The molecule has 1 unspecified atom stereocenters. The predicted molar refractivity (Wildman–Crippen MR) is 126 cm³/mol. The Hall–Kier alpha value is -2.87. The maximum Gasteiger partial charge on any atom is 0.128 e. The Bertz CT molecular complexity index is 1210. The van der Waals surface area contributed by atoms with Gasteiger partial charge >= 0.3 is 0 Å². The molecule has 0 saturated heterocycles. The van der Waals surface area contributed by atoms with Crippen molar-refractivity contribution in [2.24, 2.45) is 4.99 Å². The van der Waals surface area contributed by atoms with Gasteiger partial charge in [0.2, 0.25) is 0 Å². The van der Waals surface area contributed by atoms with E-state index in [1.807, 2.05) is 32.1 Å². The molecule has 0 aliphatic carbocycles. The molecule has 0 spiro atoms. The zero-order valence-electron chi connectivity index (χ0n) is 16.8. The molecule has 3 nitrogen and oxygen atoms in total. The molecule has 1 heterocycles. The molecule has 0 bridgehead atoms. The van der Waals surface area contributed by atoms with Crippen LogP contribution in [-0.4, -0.2) is 11.2 Å². The van der Waals surface area contributed by atoms with Crippen LogP contribution in [0.1, 0.15) is 37.9 Å². The number of allylic oxidation sites excluding steroid dienone is 2. The zero-order valence-corrected chi connectivity index (χ0v) is 18.3. The van der Waals surface area contributed by atoms with Crippen LogP contribution in [0.5, 0.6) is 0 Å². The normalized spacial score (nSPS) is 12.7. The van der Waals surface area contributed by atoms with Gasteiger partial charge in [-0.15, -0.1) is 0 Å². The lowest BCUT2D eigenvalue weighted by atomic mass is 10.0. The first-order valence-electron chi connectivity index (χ1n) is 9.36. The first-order valence-corrected chi connectivity index (χ1v) is 10.1. The maximum absolute atomic E-state index is 14.2. The van der Waals surface area contributed by atoms with Crippen LogP contribution in [0.25, 0.3) is 16.5 Å². The molecule has 0 aliphatic heterocycles. The van der Waals surface area contributed by atoms with Gasteiger partial charge in [-0.3, -0.25) is 4.98 Å². The number of nitrogens with zero attached hydrogens (tertiary/aromatic N) is 2. The summed E-state index contributed by atoms with van der Waals surface area (Å²) >= 11 is 13.0. The fourth-order valence-corrected chi connectivity index (χ4v) is 3.62. The van der Waals surface area contributed by atoms with Crippen molar-refractivity contribution >= 4 is 51.6 Å². The van der Waals surface area contributed by atoms with Gasteiger partial charge in [0.25, 0.3) is 0 Å². The molecule has 30 heavy (non-hydrogen) atoms. The van der Waals surface area contributed by atoms with Crippen molar-refractivity contribution in [1.29, 1.82) is 0 Å². The summed E-state index contributed by atoms with van der Waals surface area (Å²) in [4.78, 5) is 8.48. The Morgan fingerprint density at radius 3 is 2.70 bits per heavy atom. The van der Waals surface area contributed by atoms with Crippen LogP contribution in [0, 0.1) is 17.8 Å². The summed E-state index contributed by atoms with van der Waals surface area (Å²) in [6.07, 6.45) is 5.15. The van der Waals surface area contributed by atoms with Gasteiger partial charge in [0.05, 0.1) is 27.3 Å². The van der Waals surface area contributed by atoms with Gasteiger partial charge in [-0.05, 0) is 50.1 Å². The Morgan fingerprint density at radius 2 is 2.00 bits per heavy atom. The van der Waals surface area contributed by atoms with E-state index >= 15 is 0 Å². The largest absolute Gasteiger partial charge is 0.377 e. The van der Waals surface area contributed by atoms with Crippen molar-refractivity contribution < 1.29 is 4.39 Å². The maximum atomic E-state index is 14.2. The van der Waals surface area contributed by atoms with E-state index in [4.69, 9.17) is 23.2 Å². The summed E-state index contributed by atoms with van der Waals surface area (Å²) in [5.74, 6) is 2.45. The first kappa shape index (κ1) is 21.8. The van der Waals surface area contributed by atoms with Gasteiger partial charge in [0.15, 0.2) is 0 Å². The molecule has 1 N–H and O–H groups in total. The second kappa shape index (κ2) is 9.75. The summed E-state index contributed by atoms with van der Waals surface area (Å²) in [5, 5.41) is 4.97. The topological polar surface area (TPSA) is 37.3 Å². The van der Waals surface area contributed by atoms with E-state index in [1.165, 1.54) is 6.07 Å². The Kier molecular flexibility index (Phi) is 7.10. The molecule has 2 aromatic carbocycles. The van der Waals surface area contributed by atoms with E-state index in [1.54, 1.807) is 37.5 Å². The molecule has 0 aliphatic rings. The first-order chi connectivity index (χ1) is 14.5. The van der Waals surface area contributed by atoms with E-state index in [0.717, 1.165) is 16.5 Å². The van der Waals surface area contributed by atoms with E-state index in [9.17, 15) is 4.39 Å². The third kappa shape index (κ3) is 4.64. The summed E-state index contributed by atoms with van der Waals surface area (Å²) in [5.41, 5.74) is 3.49. The number of benzene rings is 2. The predicted octanol–water partition coefficient (Wildman–Crippen LogP) is 7.31. The highest BCUT2D eigenvalue weighted by Crippen LogP contribution is 2.37. The molecular formula is C24H20Cl2FN3. The minimum atomic E-state index is -0.320. The number of halogens is 3. The van der Waals surface area contributed by atoms with Crippen molar-refractivity contribution in [2.45, 2.75) is 26.8 Å². The van der Waals surface area contributed by atoms with Gasteiger partial charge in [-0.25, -0.2) is 9.38 Å². The lowest BCUT2D eigenvalue weighted by Crippen LogP contribution is -2.09. The van der Waals surface area contributed by atoms with Gasteiger partial charge in [-0.1, -0.05) is 53.4 Å². The quantitative estimate of drug-likeness (QED) is 0.334. The van der Waals surface area contributed by atoms with Crippen molar-refractivity contribution in [2.75, 3.05) is 5.32 Å². The summed E-state index contributed by atoms with van der Waals surface area (Å²) in [6, 6.07) is 12.8. The molecule has 0 fully saturated rings. The van der Waals surface area contributed by atoms with Crippen LogP contribution in [0.3, 0.4) is 0 Å². The summed E-state index contributed by atoms with van der Waals surface area (Å²) in [6.45, 7) is 5.51. The van der Waals surface area contributed by atoms with E-state index < -0.39 is 0 Å². The lowest BCUT2D eigenvalue weighted by molar-refractivity contribution is 0.600. The van der Waals surface area contributed by atoms with E-state index in [-0.39, 0.29) is 11.9 Å². The number of pyridine rings is 1. The highest BCUT2D eigenvalue weighted by molar-refractivity contribution is 6.38. The van der Waals surface area contributed by atoms with Crippen molar-refractivity contribution in [3.63, 3.8) is 0 Å². The molecule has 3 rings (SSSR count). The van der Waals surface area contributed by atoms with Gasteiger partial charge in [0, 0.05) is 29.4 Å². The standard InChI is InChI=1S/C24H20Cl2FN3/c1-4-10-28-13-16(5-2)17-11-19-23(20(25)12-17)29-14-21(26)24(19)30-15(3)18-8-6-7-9-22(18)27/h5-9,11-15H,1-3H3,(H,29,30)/b16-5+,28-13-. The van der Waals surface area contributed by atoms with Gasteiger partial charge in [-0.2, -0.15) is 0 Å². The van der Waals surface area contributed by atoms with Crippen LogP contribution in [0.2, 0.25) is 10.0 Å². The highest BCUT2D eigenvalue weighted by Gasteiger charge is 2.17. The SMILES string of the molecule is CC#C/N=C\C(=C/C)c1cc(Cl)c2ncc(Cl)c(NC(C)c3ccccc3F)c2c1. The van der Waals surface area contributed by atoms with Crippen molar-refractivity contribution in [3.8, 4) is 12.0 Å². The average molecular weight is 440 g/mol. The smallest absolute Gasteiger partial charge is 0.128 e. The summed E-state index contributed by atoms with van der Waals surface area (Å²) < 4.78 is 14.2. The second-order valence-corrected chi connectivity index (χ2v) is 7.40. The van der Waals surface area contributed by atoms with Crippen molar-refractivity contribution in [1.82, 2.24) is 4.98 Å². The molecular weight excluding hydrogens is 420 g/mol. The van der Waals surface area contributed by atoms with Crippen LogP contribution in [0.15, 0.2) is 53.7 Å². The fourth-order valence-electron chi connectivity index (χ4n) is 3.15. The van der Waals surface area contributed by atoms with Crippen molar-refractivity contribution in [3.05, 3.63) is 75.7 Å². The minimum absolute atomic E-state index is 0.282. The van der Waals surface area contributed by atoms with Crippen LogP contribution >= 0.6 is 23.2 Å². The molecule has 152 valence electrons. The lowest BCUT2D eigenvalue weighted by Gasteiger charge is -2.19. The van der Waals surface area contributed by atoms with Crippen LogP contribution in [-0.2, 0) is 0 Å². The van der Waals surface area contributed by atoms with Gasteiger partial charge < -0.3 is 5.32 Å². The number of hydrogen-bond acceptors (Lipinski definition) is 3. The Labute approximate surface area is 185 Å². The van der Waals surface area contributed by atoms with Crippen LogP contribution < -0.4 is 5.32 Å². The molecule has 1 atom stereocenters. The monoisotopic (exact) mass is 439 g/mol. The number of aliphatic imine (C=N–C) groups is 1. The highest BCUT2D eigenvalue weighted by atomic mass is 35.5. The minimum Gasteiger partial charge on any atom is -0.377 e. The molecule has 6 heteroatoms. The fraction of sp³-hybridized carbons (Fsp3) is 0.167. The molecule has 3 aromatic rings. The van der Waals surface area contributed by atoms with E-state index in [2.05, 4.69) is 27.3 Å². The molecule has 1 aromatic heterocycles. The summed E-state index contributed by atoms with van der Waals surface area (Å²) in [7, 11) is 0. The number of fused-ring (bicyclic) bond motifs is 1. The van der Waals surface area contributed by atoms with E-state index in [0.29, 0.717) is 26.8 Å². The Morgan fingerprint density at radius 1 is 1.23 bits per heavy atom. The number of nitrogens with one attached hydrogen (secondary N) is 1. The molecule has 0 amide bonds. The van der Waals surface area contributed by atoms with Gasteiger partial charge in [0.1, 0.15) is 5.82 Å². The number of rotatable bonds is 5. The van der Waals surface area contributed by atoms with Crippen LogP contribution in [0.4, 0.5) is 10.1 Å². The third-order valence-corrected chi connectivity index (χ3v) is 5.21. The third-order valence-electron chi connectivity index (χ3n) is 4.64. The molecule has 0 saturated carbocycles. The number of aromatic nitrogens is 1. The average Bonchev–Trinajstić information content (AvgIpc) is 2.73. The zero-order chi connectivity index (χ0) is 21.7.